The molecule has 0 aliphatic carbocycles. The van der Waals surface area contributed by atoms with E-state index in [2.05, 4.69) is 36.0 Å². The number of nitrogens with one attached hydrogen (secondary N) is 1. The summed E-state index contributed by atoms with van der Waals surface area (Å²) in [4.78, 5) is 14.7. The first-order chi connectivity index (χ1) is 11.1. The van der Waals surface area contributed by atoms with Crippen LogP contribution in [0.1, 0.15) is 25.6 Å². The van der Waals surface area contributed by atoms with Crippen LogP contribution < -0.4 is 10.1 Å². The van der Waals surface area contributed by atoms with Gasteiger partial charge in [-0.05, 0) is 30.2 Å². The summed E-state index contributed by atoms with van der Waals surface area (Å²) in [6, 6.07) is 11.6. The molecule has 5 nitrogen and oxygen atoms in total. The van der Waals surface area contributed by atoms with Gasteiger partial charge in [0.05, 0.1) is 13.2 Å². The number of hydrogen-bond acceptors (Lipinski definition) is 2. The van der Waals surface area contributed by atoms with Crippen molar-refractivity contribution in [2.75, 3.05) is 19.0 Å². The van der Waals surface area contributed by atoms with Crippen LogP contribution in [0.15, 0.2) is 42.6 Å². The summed E-state index contributed by atoms with van der Waals surface area (Å²) < 4.78 is 7.45. The van der Waals surface area contributed by atoms with Gasteiger partial charge in [0.1, 0.15) is 5.75 Å². The van der Waals surface area contributed by atoms with Gasteiger partial charge in [-0.2, -0.15) is 0 Å². The molecule has 1 aliphatic rings. The molecule has 1 N–H and O–H groups in total. The van der Waals surface area contributed by atoms with Crippen LogP contribution in [0.25, 0.3) is 0 Å². The number of urea groups is 1. The Kier molecular flexibility index (Phi) is 4.28. The van der Waals surface area contributed by atoms with Gasteiger partial charge in [-0.15, -0.1) is 0 Å². The Hall–Kier alpha value is -2.43. The number of rotatable bonds is 3. The number of nitrogens with zero attached hydrogens (tertiary/aromatic N) is 2. The Labute approximate surface area is 136 Å². The first-order valence-corrected chi connectivity index (χ1v) is 7.97. The standard InChI is InChI=1S/C18H23N3O2/c1-13(2)17-16-8-5-9-20(16)10-11-21(17)18(22)19-14-6-4-7-15(12-14)23-3/h4-9,12-13,17H,10-11H2,1-3H3,(H,19,22). The highest BCUT2D eigenvalue weighted by Gasteiger charge is 2.32. The monoisotopic (exact) mass is 313 g/mol. The summed E-state index contributed by atoms with van der Waals surface area (Å²) >= 11 is 0. The summed E-state index contributed by atoms with van der Waals surface area (Å²) in [6.45, 7) is 5.84. The maximum absolute atomic E-state index is 12.8. The van der Waals surface area contributed by atoms with Crippen molar-refractivity contribution in [1.82, 2.24) is 9.47 Å². The van der Waals surface area contributed by atoms with Gasteiger partial charge in [-0.3, -0.25) is 0 Å². The molecule has 2 heterocycles. The molecule has 0 radical (unpaired) electrons. The average Bonchev–Trinajstić information content (AvgIpc) is 3.02. The van der Waals surface area contributed by atoms with E-state index >= 15 is 0 Å². The summed E-state index contributed by atoms with van der Waals surface area (Å²) in [5.74, 6) is 1.08. The Balaban J connectivity index is 1.81. The number of fused-ring (bicyclic) bond motifs is 1. The first-order valence-electron chi connectivity index (χ1n) is 7.97. The molecule has 0 bridgehead atoms. The van der Waals surface area contributed by atoms with Crippen LogP contribution in [0, 0.1) is 5.92 Å². The lowest BCUT2D eigenvalue weighted by molar-refractivity contribution is 0.144. The van der Waals surface area contributed by atoms with Crippen molar-refractivity contribution in [2.45, 2.75) is 26.4 Å². The quantitative estimate of drug-likeness (QED) is 0.938. The molecule has 5 heteroatoms. The zero-order valence-corrected chi connectivity index (χ0v) is 13.8. The molecular weight excluding hydrogens is 290 g/mol. The Morgan fingerprint density at radius 2 is 2.09 bits per heavy atom. The SMILES string of the molecule is COc1cccc(NC(=O)N2CCn3cccc3C2C(C)C)c1. The van der Waals surface area contributed by atoms with Crippen LogP contribution in [0.2, 0.25) is 0 Å². The lowest BCUT2D eigenvalue weighted by atomic mass is 9.97. The van der Waals surface area contributed by atoms with Crippen LogP contribution >= 0.6 is 0 Å². The molecule has 0 saturated heterocycles. The molecule has 1 unspecified atom stereocenters. The topological polar surface area (TPSA) is 46.5 Å². The summed E-state index contributed by atoms with van der Waals surface area (Å²) in [5.41, 5.74) is 1.95. The molecular formula is C18H23N3O2. The fourth-order valence-electron chi connectivity index (χ4n) is 3.24. The maximum Gasteiger partial charge on any atom is 0.322 e. The van der Waals surface area contributed by atoms with Gasteiger partial charge >= 0.3 is 6.03 Å². The molecule has 0 saturated carbocycles. The third kappa shape index (κ3) is 3.04. The van der Waals surface area contributed by atoms with Crippen molar-refractivity contribution in [3.05, 3.63) is 48.3 Å². The van der Waals surface area contributed by atoms with Crippen molar-refractivity contribution in [3.8, 4) is 5.75 Å². The van der Waals surface area contributed by atoms with Crippen molar-refractivity contribution in [3.63, 3.8) is 0 Å². The zero-order valence-electron chi connectivity index (χ0n) is 13.8. The van der Waals surface area contributed by atoms with Gasteiger partial charge in [-0.1, -0.05) is 19.9 Å². The number of carbonyl (C=O) groups is 1. The van der Waals surface area contributed by atoms with E-state index in [9.17, 15) is 4.79 Å². The van der Waals surface area contributed by atoms with E-state index in [0.717, 1.165) is 18.0 Å². The molecule has 1 atom stereocenters. The van der Waals surface area contributed by atoms with E-state index in [4.69, 9.17) is 4.74 Å². The van der Waals surface area contributed by atoms with Gasteiger partial charge in [0.15, 0.2) is 0 Å². The second kappa shape index (κ2) is 6.36. The summed E-state index contributed by atoms with van der Waals surface area (Å²) in [7, 11) is 1.62. The van der Waals surface area contributed by atoms with Gasteiger partial charge in [0, 0.05) is 36.7 Å². The molecule has 0 spiro atoms. The fraction of sp³-hybridized carbons (Fsp3) is 0.389. The zero-order chi connectivity index (χ0) is 16.4. The number of ether oxygens (including phenoxy) is 1. The van der Waals surface area contributed by atoms with E-state index in [1.165, 1.54) is 5.69 Å². The van der Waals surface area contributed by atoms with Crippen LogP contribution in [-0.2, 0) is 6.54 Å². The minimum atomic E-state index is -0.0654. The number of anilines is 1. The number of aromatic nitrogens is 1. The van der Waals surface area contributed by atoms with E-state index in [0.29, 0.717) is 12.5 Å². The third-order valence-electron chi connectivity index (χ3n) is 4.30. The van der Waals surface area contributed by atoms with E-state index in [-0.39, 0.29) is 12.1 Å². The van der Waals surface area contributed by atoms with Gasteiger partial charge < -0.3 is 19.5 Å². The Morgan fingerprint density at radius 1 is 1.26 bits per heavy atom. The number of amides is 2. The highest BCUT2D eigenvalue weighted by Crippen LogP contribution is 2.32. The van der Waals surface area contributed by atoms with Crippen molar-refractivity contribution in [1.29, 1.82) is 0 Å². The summed E-state index contributed by atoms with van der Waals surface area (Å²) in [6.07, 6.45) is 2.09. The van der Waals surface area contributed by atoms with Crippen molar-refractivity contribution < 1.29 is 9.53 Å². The molecule has 2 aromatic rings. The van der Waals surface area contributed by atoms with Crippen LogP contribution in [0.4, 0.5) is 10.5 Å². The largest absolute Gasteiger partial charge is 0.497 e. The van der Waals surface area contributed by atoms with Crippen LogP contribution in [0.3, 0.4) is 0 Å². The molecule has 122 valence electrons. The van der Waals surface area contributed by atoms with E-state index in [1.54, 1.807) is 7.11 Å². The molecule has 0 fully saturated rings. The number of carbonyl (C=O) groups excluding carboxylic acids is 1. The predicted molar refractivity (Wildman–Crippen MR) is 90.7 cm³/mol. The molecule has 2 amide bonds. The molecule has 1 aliphatic heterocycles. The average molecular weight is 313 g/mol. The minimum absolute atomic E-state index is 0.0654. The molecule has 1 aromatic carbocycles. The first kappa shape index (κ1) is 15.5. The third-order valence-corrected chi connectivity index (χ3v) is 4.30. The summed E-state index contributed by atoms with van der Waals surface area (Å²) in [5, 5.41) is 2.99. The lowest BCUT2D eigenvalue weighted by Gasteiger charge is -2.39. The smallest absolute Gasteiger partial charge is 0.322 e. The van der Waals surface area contributed by atoms with Gasteiger partial charge in [0.2, 0.25) is 0 Å². The molecule has 23 heavy (non-hydrogen) atoms. The van der Waals surface area contributed by atoms with Crippen LogP contribution in [-0.4, -0.2) is 29.2 Å². The number of hydrogen-bond donors (Lipinski definition) is 1. The highest BCUT2D eigenvalue weighted by molar-refractivity contribution is 5.90. The minimum Gasteiger partial charge on any atom is -0.497 e. The van der Waals surface area contributed by atoms with Crippen molar-refractivity contribution in [2.24, 2.45) is 5.92 Å². The van der Waals surface area contributed by atoms with Crippen LogP contribution in [0.5, 0.6) is 5.75 Å². The highest BCUT2D eigenvalue weighted by atomic mass is 16.5. The predicted octanol–water partition coefficient (Wildman–Crippen LogP) is 3.74. The Morgan fingerprint density at radius 3 is 2.83 bits per heavy atom. The second-order valence-corrected chi connectivity index (χ2v) is 6.17. The molecule has 1 aromatic heterocycles. The van der Waals surface area contributed by atoms with Crippen molar-refractivity contribution >= 4 is 11.7 Å². The normalized spacial score (nSPS) is 17.0. The van der Waals surface area contributed by atoms with Gasteiger partial charge in [0.25, 0.3) is 0 Å². The van der Waals surface area contributed by atoms with Gasteiger partial charge in [-0.25, -0.2) is 4.79 Å². The number of benzene rings is 1. The maximum atomic E-state index is 12.8. The lowest BCUT2D eigenvalue weighted by Crippen LogP contribution is -2.45. The van der Waals surface area contributed by atoms with E-state index < -0.39 is 0 Å². The Bertz CT molecular complexity index is 693. The molecule has 3 rings (SSSR count). The number of methoxy groups -OCH3 is 1. The van der Waals surface area contributed by atoms with E-state index in [1.807, 2.05) is 35.2 Å². The second-order valence-electron chi connectivity index (χ2n) is 6.17. The fourth-order valence-corrected chi connectivity index (χ4v) is 3.24.